The van der Waals surface area contributed by atoms with Crippen molar-refractivity contribution in [2.75, 3.05) is 0 Å². The summed E-state index contributed by atoms with van der Waals surface area (Å²) < 4.78 is 0. The molecule has 0 saturated heterocycles. The number of aliphatic hydroxyl groups is 2. The first-order valence-corrected chi connectivity index (χ1v) is 5.61. The van der Waals surface area contributed by atoms with Crippen molar-refractivity contribution in [2.45, 2.75) is 25.0 Å². The van der Waals surface area contributed by atoms with E-state index in [1.54, 1.807) is 0 Å². The SMILES string of the molecule is CC(=O)C(Cl)c1ccc(CO)cc1C(O)C(=O)O. The zero-order valence-electron chi connectivity index (χ0n) is 9.63. The van der Waals surface area contributed by atoms with Crippen LogP contribution in [0.4, 0.5) is 0 Å². The van der Waals surface area contributed by atoms with Gasteiger partial charge in [-0.05, 0) is 29.7 Å². The lowest BCUT2D eigenvalue weighted by Gasteiger charge is -2.16. The third-order valence-corrected chi connectivity index (χ3v) is 3.03. The lowest BCUT2D eigenvalue weighted by atomic mass is 9.96. The summed E-state index contributed by atoms with van der Waals surface area (Å²) in [5, 5.41) is 26.3. The van der Waals surface area contributed by atoms with Gasteiger partial charge in [0.15, 0.2) is 11.9 Å². The summed E-state index contributed by atoms with van der Waals surface area (Å²) in [6.07, 6.45) is -1.79. The van der Waals surface area contributed by atoms with Crippen LogP contribution in [0.1, 0.15) is 35.1 Å². The van der Waals surface area contributed by atoms with E-state index in [2.05, 4.69) is 0 Å². The van der Waals surface area contributed by atoms with Gasteiger partial charge in [0, 0.05) is 0 Å². The van der Waals surface area contributed by atoms with Crippen LogP contribution < -0.4 is 0 Å². The number of ketones is 1. The van der Waals surface area contributed by atoms with Crippen LogP contribution in [0, 0.1) is 0 Å². The minimum Gasteiger partial charge on any atom is -0.479 e. The van der Waals surface area contributed by atoms with E-state index in [9.17, 15) is 14.7 Å². The van der Waals surface area contributed by atoms with Crippen molar-refractivity contribution in [3.8, 4) is 0 Å². The fraction of sp³-hybridized carbons (Fsp3) is 0.333. The molecule has 0 amide bonds. The lowest BCUT2D eigenvalue weighted by molar-refractivity contribution is -0.147. The summed E-state index contributed by atoms with van der Waals surface area (Å²) in [6, 6.07) is 4.28. The van der Waals surface area contributed by atoms with E-state index in [4.69, 9.17) is 21.8 Å². The number of carbonyl (C=O) groups is 2. The number of hydrogen-bond donors (Lipinski definition) is 3. The van der Waals surface area contributed by atoms with Gasteiger partial charge in [0.1, 0.15) is 5.38 Å². The highest BCUT2D eigenvalue weighted by Crippen LogP contribution is 2.30. The fourth-order valence-corrected chi connectivity index (χ4v) is 1.74. The Morgan fingerprint density at radius 3 is 2.39 bits per heavy atom. The molecule has 0 fully saturated rings. The Balaban J connectivity index is 3.33. The molecule has 1 aromatic rings. The Hall–Kier alpha value is -1.43. The number of hydrogen-bond acceptors (Lipinski definition) is 4. The van der Waals surface area contributed by atoms with Gasteiger partial charge in [-0.3, -0.25) is 4.79 Å². The summed E-state index contributed by atoms with van der Waals surface area (Å²) in [5.74, 6) is -1.80. The minimum absolute atomic E-state index is 0.0178. The largest absolute Gasteiger partial charge is 0.479 e. The van der Waals surface area contributed by atoms with Crippen LogP contribution in [-0.4, -0.2) is 27.1 Å². The zero-order chi connectivity index (χ0) is 13.9. The van der Waals surface area contributed by atoms with Crippen molar-refractivity contribution >= 4 is 23.4 Å². The molecule has 0 heterocycles. The summed E-state index contributed by atoms with van der Waals surface area (Å²) in [5.41, 5.74) is 0.682. The molecule has 0 aliphatic heterocycles. The second kappa shape index (κ2) is 5.95. The van der Waals surface area contributed by atoms with E-state index in [0.717, 1.165) is 0 Å². The fourth-order valence-electron chi connectivity index (χ4n) is 1.54. The molecule has 1 aromatic carbocycles. The monoisotopic (exact) mass is 272 g/mol. The molecule has 98 valence electrons. The molecule has 0 aliphatic rings. The Morgan fingerprint density at radius 1 is 1.33 bits per heavy atom. The quantitative estimate of drug-likeness (QED) is 0.699. The van der Waals surface area contributed by atoms with E-state index in [0.29, 0.717) is 5.56 Å². The van der Waals surface area contributed by atoms with Crippen LogP contribution in [0.2, 0.25) is 0 Å². The van der Waals surface area contributed by atoms with Crippen molar-refractivity contribution in [1.29, 1.82) is 0 Å². The highest BCUT2D eigenvalue weighted by Gasteiger charge is 2.25. The summed E-state index contributed by atoms with van der Waals surface area (Å²) >= 11 is 5.87. The molecule has 0 saturated carbocycles. The van der Waals surface area contributed by atoms with E-state index in [-0.39, 0.29) is 23.5 Å². The number of halogens is 1. The van der Waals surface area contributed by atoms with E-state index < -0.39 is 17.5 Å². The lowest BCUT2D eigenvalue weighted by Crippen LogP contribution is -2.15. The van der Waals surface area contributed by atoms with Gasteiger partial charge in [-0.1, -0.05) is 12.1 Å². The Bertz CT molecular complexity index is 472. The molecule has 6 heteroatoms. The molecule has 0 bridgehead atoms. The maximum atomic E-state index is 11.2. The first-order chi connectivity index (χ1) is 8.38. The normalized spacial score (nSPS) is 14.0. The van der Waals surface area contributed by atoms with Gasteiger partial charge in [-0.2, -0.15) is 0 Å². The number of carbonyl (C=O) groups excluding carboxylic acids is 1. The summed E-state index contributed by atoms with van der Waals surface area (Å²) in [7, 11) is 0. The molecule has 2 atom stereocenters. The van der Waals surface area contributed by atoms with Crippen LogP contribution >= 0.6 is 11.6 Å². The molecule has 0 aromatic heterocycles. The van der Waals surface area contributed by atoms with Crippen molar-refractivity contribution in [3.63, 3.8) is 0 Å². The van der Waals surface area contributed by atoms with E-state index >= 15 is 0 Å². The second-order valence-electron chi connectivity index (χ2n) is 3.84. The first-order valence-electron chi connectivity index (χ1n) is 5.17. The molecule has 0 spiro atoms. The molecule has 1 rings (SSSR count). The smallest absolute Gasteiger partial charge is 0.337 e. The Kier molecular flexibility index (Phi) is 4.84. The maximum Gasteiger partial charge on any atom is 0.337 e. The summed E-state index contributed by atoms with van der Waals surface area (Å²) in [6.45, 7) is 0.973. The topological polar surface area (TPSA) is 94.8 Å². The maximum absolute atomic E-state index is 11.2. The molecule has 3 N–H and O–H groups in total. The standard InChI is InChI=1S/C12H13ClO5/c1-6(15)10(13)8-3-2-7(5-14)4-9(8)11(16)12(17)18/h2-4,10-11,14,16H,5H2,1H3,(H,17,18). The predicted octanol–water partition coefficient (Wildman–Crippen LogP) is 1.17. The molecular weight excluding hydrogens is 260 g/mol. The van der Waals surface area contributed by atoms with Crippen LogP contribution in [-0.2, 0) is 16.2 Å². The van der Waals surface area contributed by atoms with Gasteiger partial charge in [0.05, 0.1) is 6.61 Å². The van der Waals surface area contributed by atoms with Gasteiger partial charge in [-0.25, -0.2) is 4.79 Å². The van der Waals surface area contributed by atoms with Gasteiger partial charge in [0.2, 0.25) is 0 Å². The number of carboxylic acids is 1. The average molecular weight is 273 g/mol. The number of Topliss-reactive ketones (excluding diaryl/α,β-unsaturated/α-hetero) is 1. The Morgan fingerprint density at radius 2 is 1.94 bits per heavy atom. The molecule has 5 nitrogen and oxygen atoms in total. The van der Waals surface area contributed by atoms with Gasteiger partial charge in [0.25, 0.3) is 0 Å². The highest BCUT2D eigenvalue weighted by molar-refractivity contribution is 6.31. The van der Waals surface area contributed by atoms with Gasteiger partial charge < -0.3 is 15.3 Å². The molecule has 0 aliphatic carbocycles. The Labute approximate surface area is 109 Å². The number of aliphatic carboxylic acids is 1. The van der Waals surface area contributed by atoms with E-state index in [1.165, 1.54) is 25.1 Å². The molecule has 18 heavy (non-hydrogen) atoms. The minimum atomic E-state index is -1.79. The van der Waals surface area contributed by atoms with E-state index in [1.807, 2.05) is 0 Å². The highest BCUT2D eigenvalue weighted by atomic mass is 35.5. The van der Waals surface area contributed by atoms with Crippen molar-refractivity contribution < 1.29 is 24.9 Å². The molecular formula is C12H13ClO5. The zero-order valence-corrected chi connectivity index (χ0v) is 10.4. The third kappa shape index (κ3) is 3.07. The molecule has 2 unspecified atom stereocenters. The average Bonchev–Trinajstić information content (AvgIpc) is 2.35. The number of aliphatic hydroxyl groups excluding tert-OH is 2. The molecule has 0 radical (unpaired) electrons. The van der Waals surface area contributed by atoms with Crippen molar-refractivity contribution in [1.82, 2.24) is 0 Å². The van der Waals surface area contributed by atoms with Crippen LogP contribution in [0.25, 0.3) is 0 Å². The van der Waals surface area contributed by atoms with Crippen LogP contribution in [0.15, 0.2) is 18.2 Å². The third-order valence-electron chi connectivity index (χ3n) is 2.49. The summed E-state index contributed by atoms with van der Waals surface area (Å²) in [4.78, 5) is 22.0. The van der Waals surface area contributed by atoms with Crippen LogP contribution in [0.5, 0.6) is 0 Å². The van der Waals surface area contributed by atoms with Crippen molar-refractivity contribution in [2.24, 2.45) is 0 Å². The number of carboxylic acid groups (broad SMARTS) is 1. The number of rotatable bonds is 5. The van der Waals surface area contributed by atoms with Gasteiger partial charge >= 0.3 is 5.97 Å². The predicted molar refractivity (Wildman–Crippen MR) is 64.2 cm³/mol. The number of alkyl halides is 1. The van der Waals surface area contributed by atoms with Crippen molar-refractivity contribution in [3.05, 3.63) is 34.9 Å². The second-order valence-corrected chi connectivity index (χ2v) is 4.27. The first kappa shape index (κ1) is 14.6. The number of benzene rings is 1. The van der Waals surface area contributed by atoms with Crippen LogP contribution in [0.3, 0.4) is 0 Å². The van der Waals surface area contributed by atoms with Gasteiger partial charge in [-0.15, -0.1) is 11.6 Å².